The van der Waals surface area contributed by atoms with E-state index in [1.165, 1.54) is 6.20 Å². The molecular formula is C14H11NO3S. The highest BCUT2D eigenvalue weighted by Gasteiger charge is 2.11. The van der Waals surface area contributed by atoms with E-state index in [4.69, 9.17) is 5.11 Å². The quantitative estimate of drug-likeness (QED) is 0.578. The Morgan fingerprint density at radius 2 is 2.21 bits per heavy atom. The molecule has 0 aliphatic rings. The Bertz CT molecular complexity index is 753. The van der Waals surface area contributed by atoms with E-state index in [1.54, 1.807) is 18.2 Å². The van der Waals surface area contributed by atoms with E-state index in [9.17, 15) is 9.59 Å². The summed E-state index contributed by atoms with van der Waals surface area (Å²) in [6.45, 7) is 0. The molecule has 0 atom stereocenters. The molecule has 0 aliphatic carbocycles. The molecule has 5 heteroatoms. The van der Waals surface area contributed by atoms with Gasteiger partial charge in [-0.3, -0.25) is 4.79 Å². The first-order chi connectivity index (χ1) is 9.13. The van der Waals surface area contributed by atoms with Crippen LogP contribution in [0, 0.1) is 11.8 Å². The zero-order chi connectivity index (χ0) is 13.8. The number of hydrogen-bond donors (Lipinski definition) is 3. The Morgan fingerprint density at radius 1 is 1.42 bits per heavy atom. The van der Waals surface area contributed by atoms with Crippen LogP contribution in [0.25, 0.3) is 10.9 Å². The summed E-state index contributed by atoms with van der Waals surface area (Å²) in [6, 6.07) is 5.10. The Hall–Kier alpha value is -2.19. The van der Waals surface area contributed by atoms with Gasteiger partial charge in [0.25, 0.3) is 0 Å². The lowest BCUT2D eigenvalue weighted by atomic mass is 10.1. The average Bonchev–Trinajstić information content (AvgIpc) is 2.39. The Kier molecular flexibility index (Phi) is 3.93. The summed E-state index contributed by atoms with van der Waals surface area (Å²) in [7, 11) is 0. The van der Waals surface area contributed by atoms with Gasteiger partial charge in [-0.05, 0) is 18.2 Å². The van der Waals surface area contributed by atoms with Crippen molar-refractivity contribution in [2.45, 2.75) is 6.42 Å². The van der Waals surface area contributed by atoms with Crippen LogP contribution in [0.5, 0.6) is 0 Å². The summed E-state index contributed by atoms with van der Waals surface area (Å²) in [4.78, 5) is 25.7. The molecule has 0 spiro atoms. The Balaban J connectivity index is 2.58. The van der Waals surface area contributed by atoms with Crippen LogP contribution in [0.2, 0.25) is 0 Å². The predicted molar refractivity (Wildman–Crippen MR) is 76.9 cm³/mol. The van der Waals surface area contributed by atoms with Crippen molar-refractivity contribution in [1.29, 1.82) is 0 Å². The molecule has 0 unspecified atom stereocenters. The Labute approximate surface area is 114 Å². The van der Waals surface area contributed by atoms with Crippen molar-refractivity contribution in [1.82, 2.24) is 4.98 Å². The minimum Gasteiger partial charge on any atom is -0.477 e. The molecule has 2 N–H and O–H groups in total. The van der Waals surface area contributed by atoms with Crippen molar-refractivity contribution in [2.75, 3.05) is 5.75 Å². The van der Waals surface area contributed by atoms with Gasteiger partial charge < -0.3 is 10.1 Å². The third-order valence-electron chi connectivity index (χ3n) is 2.58. The molecule has 4 nitrogen and oxygen atoms in total. The fourth-order valence-electron chi connectivity index (χ4n) is 1.68. The van der Waals surface area contributed by atoms with E-state index in [1.807, 2.05) is 0 Å². The van der Waals surface area contributed by atoms with E-state index in [2.05, 4.69) is 29.5 Å². The van der Waals surface area contributed by atoms with Crippen molar-refractivity contribution in [2.24, 2.45) is 0 Å². The molecule has 1 aromatic heterocycles. The van der Waals surface area contributed by atoms with Crippen LogP contribution in [0.4, 0.5) is 0 Å². The van der Waals surface area contributed by atoms with Gasteiger partial charge in [0.2, 0.25) is 5.43 Å². The molecule has 2 rings (SSSR count). The van der Waals surface area contributed by atoms with E-state index in [0.717, 1.165) is 0 Å². The molecule has 0 aliphatic heterocycles. The normalized spacial score (nSPS) is 9.95. The first-order valence-electron chi connectivity index (χ1n) is 5.62. The number of pyridine rings is 1. The van der Waals surface area contributed by atoms with Crippen molar-refractivity contribution in [3.05, 3.63) is 45.7 Å². The smallest absolute Gasteiger partial charge is 0.341 e. The molecule has 0 fully saturated rings. The standard InChI is InChI=1S/C14H11NO3S/c16-13-10-7-9(3-1-2-6-19)4-5-12(10)15-8-11(13)14(17)18/h4-5,7-8,19H,2,6H2,(H,15,16)(H,17,18). The monoisotopic (exact) mass is 273 g/mol. The minimum absolute atomic E-state index is 0.270. The van der Waals surface area contributed by atoms with Crippen LogP contribution >= 0.6 is 12.6 Å². The fraction of sp³-hybridized carbons (Fsp3) is 0.143. The van der Waals surface area contributed by atoms with Gasteiger partial charge in [-0.25, -0.2) is 4.79 Å². The molecule has 0 saturated heterocycles. The topological polar surface area (TPSA) is 70.2 Å². The molecule has 0 saturated carbocycles. The van der Waals surface area contributed by atoms with Crippen molar-refractivity contribution in [3.63, 3.8) is 0 Å². The maximum Gasteiger partial charge on any atom is 0.341 e. The number of benzene rings is 1. The number of hydrogen-bond acceptors (Lipinski definition) is 3. The summed E-state index contributed by atoms with van der Waals surface area (Å²) in [6.07, 6.45) is 1.87. The first kappa shape index (κ1) is 13.2. The van der Waals surface area contributed by atoms with Crippen LogP contribution < -0.4 is 5.43 Å². The van der Waals surface area contributed by atoms with Crippen LogP contribution in [0.15, 0.2) is 29.2 Å². The second-order valence-electron chi connectivity index (χ2n) is 3.87. The van der Waals surface area contributed by atoms with Crippen molar-refractivity contribution in [3.8, 4) is 11.8 Å². The maximum absolute atomic E-state index is 12.0. The second-order valence-corrected chi connectivity index (χ2v) is 4.32. The van der Waals surface area contributed by atoms with Gasteiger partial charge in [0.1, 0.15) is 5.56 Å². The van der Waals surface area contributed by atoms with E-state index in [-0.39, 0.29) is 5.56 Å². The zero-order valence-corrected chi connectivity index (χ0v) is 10.8. The molecule has 0 radical (unpaired) electrons. The molecule has 1 heterocycles. The third-order valence-corrected chi connectivity index (χ3v) is 2.80. The van der Waals surface area contributed by atoms with Gasteiger partial charge in [-0.1, -0.05) is 11.8 Å². The highest BCUT2D eigenvalue weighted by molar-refractivity contribution is 7.80. The number of carbonyl (C=O) groups is 1. The van der Waals surface area contributed by atoms with Crippen molar-refractivity contribution >= 4 is 29.5 Å². The number of nitrogens with one attached hydrogen (secondary N) is 1. The number of thiol groups is 1. The second kappa shape index (κ2) is 5.63. The number of H-pyrrole nitrogens is 1. The molecule has 19 heavy (non-hydrogen) atoms. The number of aromatic amines is 1. The van der Waals surface area contributed by atoms with Crippen LogP contribution in [0.1, 0.15) is 22.3 Å². The lowest BCUT2D eigenvalue weighted by Crippen LogP contribution is -2.15. The largest absolute Gasteiger partial charge is 0.477 e. The van der Waals surface area contributed by atoms with E-state index < -0.39 is 11.4 Å². The number of rotatable bonds is 2. The predicted octanol–water partition coefficient (Wildman–Crippen LogP) is 1.90. The summed E-state index contributed by atoms with van der Waals surface area (Å²) in [5.74, 6) is 5.26. The minimum atomic E-state index is -1.24. The average molecular weight is 273 g/mol. The Morgan fingerprint density at radius 3 is 2.89 bits per heavy atom. The summed E-state index contributed by atoms with van der Waals surface area (Å²) < 4.78 is 0. The number of carboxylic acid groups (broad SMARTS) is 1. The van der Waals surface area contributed by atoms with E-state index >= 15 is 0 Å². The SMILES string of the molecule is O=C(O)c1c[nH]c2ccc(C#CCCS)cc2c1=O. The van der Waals surface area contributed by atoms with Gasteiger partial charge in [0.15, 0.2) is 0 Å². The van der Waals surface area contributed by atoms with Gasteiger partial charge >= 0.3 is 5.97 Å². The highest BCUT2D eigenvalue weighted by atomic mass is 32.1. The third kappa shape index (κ3) is 2.80. The van der Waals surface area contributed by atoms with Crippen LogP contribution in [-0.2, 0) is 0 Å². The maximum atomic E-state index is 12.0. The van der Waals surface area contributed by atoms with Gasteiger partial charge in [0, 0.05) is 34.8 Å². The van der Waals surface area contributed by atoms with Crippen LogP contribution in [-0.4, -0.2) is 21.8 Å². The lowest BCUT2D eigenvalue weighted by molar-refractivity contribution is 0.0695. The van der Waals surface area contributed by atoms with Crippen LogP contribution in [0.3, 0.4) is 0 Å². The number of aromatic carboxylic acids is 1. The molecule has 1 aromatic carbocycles. The summed E-state index contributed by atoms with van der Waals surface area (Å²) in [5.41, 5.74) is 0.504. The molecule has 0 amide bonds. The molecular weight excluding hydrogens is 262 g/mol. The molecule has 0 bridgehead atoms. The molecule has 2 aromatic rings. The summed E-state index contributed by atoms with van der Waals surface area (Å²) >= 11 is 4.06. The van der Waals surface area contributed by atoms with Gasteiger partial charge in [-0.15, -0.1) is 0 Å². The number of aromatic nitrogens is 1. The summed E-state index contributed by atoms with van der Waals surface area (Å²) in [5, 5.41) is 9.24. The fourth-order valence-corrected chi connectivity index (χ4v) is 1.79. The zero-order valence-electron chi connectivity index (χ0n) is 9.93. The first-order valence-corrected chi connectivity index (χ1v) is 6.25. The highest BCUT2D eigenvalue weighted by Crippen LogP contribution is 2.10. The number of fused-ring (bicyclic) bond motifs is 1. The number of carboxylic acids is 1. The van der Waals surface area contributed by atoms with Gasteiger partial charge in [-0.2, -0.15) is 12.6 Å². The molecule has 96 valence electrons. The van der Waals surface area contributed by atoms with Crippen molar-refractivity contribution < 1.29 is 9.90 Å². The van der Waals surface area contributed by atoms with Gasteiger partial charge in [0.05, 0.1) is 0 Å². The lowest BCUT2D eigenvalue weighted by Gasteiger charge is -2.00. The van der Waals surface area contributed by atoms with E-state index in [0.29, 0.717) is 28.6 Å².